The zero-order chi connectivity index (χ0) is 28.3. The number of hydrogen-bond donors (Lipinski definition) is 0. The Balaban J connectivity index is 1.22. The minimum Gasteiger partial charge on any atom is -0.497 e. The number of methoxy groups -OCH3 is 1. The molecular formula is C31H33FN6O3. The van der Waals surface area contributed by atoms with Gasteiger partial charge in [0.15, 0.2) is 5.82 Å². The van der Waals surface area contributed by atoms with Crippen LogP contribution in [0.3, 0.4) is 0 Å². The average molecular weight is 557 g/mol. The minimum atomic E-state index is -0.314. The van der Waals surface area contributed by atoms with Gasteiger partial charge in [0.1, 0.15) is 23.9 Å². The average Bonchev–Trinajstić information content (AvgIpc) is 3.35. The van der Waals surface area contributed by atoms with Gasteiger partial charge in [-0.15, -0.1) is 0 Å². The Kier molecular flexibility index (Phi) is 7.67. The molecule has 0 amide bonds. The maximum atomic E-state index is 14.3. The van der Waals surface area contributed by atoms with Gasteiger partial charge in [0.25, 0.3) is 5.56 Å². The third-order valence-electron chi connectivity index (χ3n) is 7.71. The normalized spacial score (nSPS) is 14.6. The number of pyridine rings is 1. The first-order chi connectivity index (χ1) is 20.0. The highest BCUT2D eigenvalue weighted by atomic mass is 19.1. The minimum absolute atomic E-state index is 0.235. The molecule has 0 spiro atoms. The van der Waals surface area contributed by atoms with Crippen LogP contribution < -0.4 is 15.0 Å². The van der Waals surface area contributed by atoms with Gasteiger partial charge >= 0.3 is 0 Å². The summed E-state index contributed by atoms with van der Waals surface area (Å²) < 4.78 is 28.9. The molecule has 6 rings (SSSR count). The van der Waals surface area contributed by atoms with Gasteiger partial charge in [0.05, 0.1) is 24.7 Å². The van der Waals surface area contributed by atoms with E-state index in [0.29, 0.717) is 11.6 Å². The lowest BCUT2D eigenvalue weighted by Crippen LogP contribution is -2.45. The summed E-state index contributed by atoms with van der Waals surface area (Å²) in [6, 6.07) is 15.4. The lowest BCUT2D eigenvalue weighted by atomic mass is 10.1. The summed E-state index contributed by atoms with van der Waals surface area (Å²) in [4.78, 5) is 21.9. The first-order valence-corrected chi connectivity index (χ1v) is 13.8. The summed E-state index contributed by atoms with van der Waals surface area (Å²) in [5.41, 5.74) is 2.38. The lowest BCUT2D eigenvalue weighted by Gasteiger charge is -2.32. The fourth-order valence-electron chi connectivity index (χ4n) is 5.33. The summed E-state index contributed by atoms with van der Waals surface area (Å²) in [6.07, 6.45) is 4.54. The molecule has 1 fully saturated rings. The Labute approximate surface area is 237 Å². The quantitative estimate of drug-likeness (QED) is 0.274. The highest BCUT2D eigenvalue weighted by Gasteiger charge is 2.17. The van der Waals surface area contributed by atoms with Crippen molar-refractivity contribution in [3.8, 4) is 17.3 Å². The number of fused-ring (bicyclic) bond motifs is 2. The highest BCUT2D eigenvalue weighted by Crippen LogP contribution is 2.28. The number of piperazine rings is 1. The van der Waals surface area contributed by atoms with Gasteiger partial charge in [-0.1, -0.05) is 0 Å². The van der Waals surface area contributed by atoms with Crippen molar-refractivity contribution in [1.29, 1.82) is 0 Å². The van der Waals surface area contributed by atoms with Gasteiger partial charge in [0, 0.05) is 68.0 Å². The number of ether oxygens (including phenoxy) is 2. The van der Waals surface area contributed by atoms with Crippen LogP contribution in [0.15, 0.2) is 71.8 Å². The van der Waals surface area contributed by atoms with Crippen LogP contribution >= 0.6 is 0 Å². The largest absolute Gasteiger partial charge is 0.497 e. The monoisotopic (exact) mass is 556 g/mol. The molecule has 1 saturated heterocycles. The maximum absolute atomic E-state index is 14.3. The molecule has 0 saturated carbocycles. The second-order valence-corrected chi connectivity index (χ2v) is 10.4. The number of hydrogen-bond acceptors (Lipinski definition) is 7. The fourth-order valence-corrected chi connectivity index (χ4v) is 5.33. The van der Waals surface area contributed by atoms with Crippen molar-refractivity contribution in [2.45, 2.75) is 13.0 Å². The molecular weight excluding hydrogens is 523 g/mol. The van der Waals surface area contributed by atoms with Crippen LogP contribution in [0.4, 0.5) is 4.39 Å². The molecule has 2 aromatic carbocycles. The Morgan fingerprint density at radius 3 is 2.61 bits per heavy atom. The molecule has 1 aliphatic rings. The van der Waals surface area contributed by atoms with E-state index in [2.05, 4.69) is 26.9 Å². The third-order valence-corrected chi connectivity index (χ3v) is 7.71. The molecule has 41 heavy (non-hydrogen) atoms. The number of halogens is 1. The van der Waals surface area contributed by atoms with E-state index in [9.17, 15) is 9.18 Å². The van der Waals surface area contributed by atoms with Crippen LogP contribution in [0.1, 0.15) is 5.56 Å². The Bertz CT molecular complexity index is 1740. The number of rotatable bonds is 9. The summed E-state index contributed by atoms with van der Waals surface area (Å²) in [5.74, 6) is 1.62. The number of likely N-dealkylation sites (N-methyl/N-ethyl adjacent to an activating group) is 1. The number of aromatic nitrogens is 4. The molecule has 4 heterocycles. The second-order valence-electron chi connectivity index (χ2n) is 10.4. The second kappa shape index (κ2) is 11.7. The Morgan fingerprint density at radius 2 is 1.78 bits per heavy atom. The van der Waals surface area contributed by atoms with Crippen LogP contribution in [-0.2, 0) is 13.0 Å². The zero-order valence-corrected chi connectivity index (χ0v) is 23.3. The third kappa shape index (κ3) is 5.79. The SMILES string of the molecule is COc1ccc2c(OCCn3nc(-n4cc(CCN5CCN(C)CC5)c5ccc(F)cc54)ccc3=O)ccnc2c1. The van der Waals surface area contributed by atoms with E-state index < -0.39 is 0 Å². The molecule has 212 valence electrons. The van der Waals surface area contributed by atoms with Gasteiger partial charge in [-0.25, -0.2) is 9.07 Å². The van der Waals surface area contributed by atoms with Crippen molar-refractivity contribution in [1.82, 2.24) is 29.1 Å². The van der Waals surface area contributed by atoms with Crippen molar-refractivity contribution in [3.05, 3.63) is 88.7 Å². The van der Waals surface area contributed by atoms with Crippen molar-refractivity contribution < 1.29 is 13.9 Å². The molecule has 3 aromatic heterocycles. The molecule has 1 aliphatic heterocycles. The van der Waals surface area contributed by atoms with Crippen LogP contribution in [0.25, 0.3) is 27.6 Å². The molecule has 0 N–H and O–H groups in total. The topological polar surface area (TPSA) is 77.7 Å². The van der Waals surface area contributed by atoms with Gasteiger partial charge in [-0.05, 0) is 61.5 Å². The fraction of sp³-hybridized carbons (Fsp3) is 0.323. The maximum Gasteiger partial charge on any atom is 0.266 e. The predicted molar refractivity (Wildman–Crippen MR) is 157 cm³/mol. The van der Waals surface area contributed by atoms with E-state index in [1.807, 2.05) is 35.0 Å². The molecule has 0 unspecified atom stereocenters. The molecule has 10 heteroatoms. The zero-order valence-electron chi connectivity index (χ0n) is 23.3. The van der Waals surface area contributed by atoms with E-state index in [0.717, 1.165) is 72.3 Å². The first-order valence-electron chi connectivity index (χ1n) is 13.8. The van der Waals surface area contributed by atoms with Crippen molar-refractivity contribution >= 4 is 21.8 Å². The Hall–Kier alpha value is -4.28. The molecule has 0 atom stereocenters. The van der Waals surface area contributed by atoms with Crippen molar-refractivity contribution in [2.75, 3.05) is 53.5 Å². The van der Waals surface area contributed by atoms with Crippen LogP contribution in [0.2, 0.25) is 0 Å². The van der Waals surface area contributed by atoms with Crippen LogP contribution in [-0.4, -0.2) is 82.6 Å². The number of benzene rings is 2. The van der Waals surface area contributed by atoms with Gasteiger partial charge in [0.2, 0.25) is 0 Å². The highest BCUT2D eigenvalue weighted by molar-refractivity contribution is 5.86. The summed E-state index contributed by atoms with van der Waals surface area (Å²) in [5, 5.41) is 6.47. The molecule has 0 bridgehead atoms. The summed E-state index contributed by atoms with van der Waals surface area (Å²) in [7, 11) is 3.76. The standard InChI is InChI=1S/C31H33FN6O3/c1-35-13-15-36(16-14-35)12-10-22-21-37(28-19-23(32)3-5-25(22)28)30-7-8-31(39)38(34-30)17-18-41-29-9-11-33-27-20-24(40-2)4-6-26(27)29/h3-9,11,19-21H,10,12-18H2,1-2H3. The summed E-state index contributed by atoms with van der Waals surface area (Å²) >= 11 is 0. The smallest absolute Gasteiger partial charge is 0.266 e. The van der Waals surface area contributed by atoms with Crippen LogP contribution in [0, 0.1) is 5.82 Å². The van der Waals surface area contributed by atoms with Crippen molar-refractivity contribution in [2.24, 2.45) is 0 Å². The van der Waals surface area contributed by atoms with E-state index >= 15 is 0 Å². The molecule has 5 aromatic rings. The van der Waals surface area contributed by atoms with E-state index in [4.69, 9.17) is 9.47 Å². The number of nitrogens with zero attached hydrogens (tertiary/aromatic N) is 6. The molecule has 0 aliphatic carbocycles. The van der Waals surface area contributed by atoms with Crippen molar-refractivity contribution in [3.63, 3.8) is 0 Å². The first kappa shape index (κ1) is 26.9. The lowest BCUT2D eigenvalue weighted by molar-refractivity contribution is 0.155. The van der Waals surface area contributed by atoms with Gasteiger partial charge < -0.3 is 19.3 Å². The van der Waals surface area contributed by atoms with Gasteiger partial charge in [-0.2, -0.15) is 5.10 Å². The predicted octanol–water partition coefficient (Wildman–Crippen LogP) is 3.75. The van der Waals surface area contributed by atoms with Gasteiger partial charge in [-0.3, -0.25) is 14.3 Å². The summed E-state index contributed by atoms with van der Waals surface area (Å²) in [6.45, 7) is 5.63. The van der Waals surface area contributed by atoms with Crippen LogP contribution in [0.5, 0.6) is 11.5 Å². The molecule has 0 radical (unpaired) electrons. The van der Waals surface area contributed by atoms with E-state index in [-0.39, 0.29) is 24.5 Å². The Morgan fingerprint density at radius 1 is 0.951 bits per heavy atom. The van der Waals surface area contributed by atoms with E-state index in [1.165, 1.54) is 22.9 Å². The molecule has 9 nitrogen and oxygen atoms in total. The van der Waals surface area contributed by atoms with E-state index in [1.54, 1.807) is 25.4 Å².